The Labute approximate surface area is 216 Å². The van der Waals surface area contributed by atoms with Gasteiger partial charge >= 0.3 is 0 Å². The SMILES string of the molecule is Cc1nn(C)c(COc2cnc(N3CCOCC3)nc2)c1CN1C(=O)[C@@H](C)Oc2c(F)cc(Br)cc21. The van der Waals surface area contributed by atoms with Crippen LogP contribution in [0.4, 0.5) is 16.0 Å². The maximum absolute atomic E-state index is 14.6. The molecular weight excluding hydrogens is 535 g/mol. The number of hydrogen-bond donors (Lipinski definition) is 0. The average Bonchev–Trinajstić information content (AvgIpc) is 3.13. The Kier molecular flexibility index (Phi) is 6.80. The summed E-state index contributed by atoms with van der Waals surface area (Å²) in [4.78, 5) is 25.5. The second kappa shape index (κ2) is 10.0. The monoisotopic (exact) mass is 560 g/mol. The van der Waals surface area contributed by atoms with E-state index in [0.717, 1.165) is 30.0 Å². The Hall–Kier alpha value is -3.25. The lowest BCUT2D eigenvalue weighted by Gasteiger charge is -2.33. The predicted molar refractivity (Wildman–Crippen MR) is 133 cm³/mol. The van der Waals surface area contributed by atoms with Crippen LogP contribution < -0.4 is 19.3 Å². The van der Waals surface area contributed by atoms with Crippen LogP contribution in [0.5, 0.6) is 11.5 Å². The number of ether oxygens (including phenoxy) is 3. The van der Waals surface area contributed by atoms with E-state index in [1.807, 2.05) is 14.0 Å². The number of aryl methyl sites for hydroxylation is 2. The van der Waals surface area contributed by atoms with Crippen LogP contribution in [0, 0.1) is 12.7 Å². The van der Waals surface area contributed by atoms with Crippen molar-refractivity contribution in [1.82, 2.24) is 19.7 Å². The van der Waals surface area contributed by atoms with Crippen molar-refractivity contribution in [1.29, 1.82) is 0 Å². The van der Waals surface area contributed by atoms with E-state index in [1.165, 1.54) is 11.0 Å². The van der Waals surface area contributed by atoms with Gasteiger partial charge in [0.05, 0.1) is 49.2 Å². The number of hydrogen-bond acceptors (Lipinski definition) is 8. The molecule has 0 spiro atoms. The lowest BCUT2D eigenvalue weighted by atomic mass is 10.1. The van der Waals surface area contributed by atoms with Gasteiger partial charge in [0.1, 0.15) is 6.61 Å². The minimum absolute atomic E-state index is 0.0575. The molecule has 3 aromatic rings. The first-order valence-electron chi connectivity index (χ1n) is 11.6. The molecule has 1 atom stereocenters. The maximum atomic E-state index is 14.6. The fourth-order valence-corrected chi connectivity index (χ4v) is 4.77. The molecule has 1 aromatic carbocycles. The molecule has 12 heteroatoms. The molecule has 0 N–H and O–H groups in total. The highest BCUT2D eigenvalue weighted by molar-refractivity contribution is 9.10. The van der Waals surface area contributed by atoms with Crippen LogP contribution in [0.3, 0.4) is 0 Å². The first kappa shape index (κ1) is 24.4. The van der Waals surface area contributed by atoms with Crippen LogP contribution in [0.2, 0.25) is 0 Å². The van der Waals surface area contributed by atoms with Crippen LogP contribution in [-0.4, -0.2) is 58.1 Å². The standard InChI is InChI=1S/C24H26BrFN6O4/c1-14-18(12-32-20-9-16(25)8-19(26)22(20)36-15(2)23(32)33)21(30(3)29-14)13-35-17-10-27-24(28-11-17)31-4-6-34-7-5-31/h8-11,15H,4-7,12-13H2,1-3H3/t15-/m1/s1. The summed E-state index contributed by atoms with van der Waals surface area (Å²) in [5.74, 6) is 0.420. The van der Waals surface area contributed by atoms with Crippen molar-refractivity contribution >= 4 is 33.5 Å². The molecule has 0 bridgehead atoms. The van der Waals surface area contributed by atoms with Gasteiger partial charge in [0.25, 0.3) is 5.91 Å². The van der Waals surface area contributed by atoms with Crippen LogP contribution in [0.25, 0.3) is 0 Å². The lowest BCUT2D eigenvalue weighted by molar-refractivity contribution is -0.125. The normalized spacial score (nSPS) is 17.7. The lowest BCUT2D eigenvalue weighted by Crippen LogP contribution is -2.44. The van der Waals surface area contributed by atoms with E-state index in [1.54, 1.807) is 30.1 Å². The summed E-state index contributed by atoms with van der Waals surface area (Å²) in [6.07, 6.45) is 2.47. The molecular formula is C24H26BrFN6O4. The van der Waals surface area contributed by atoms with Crippen molar-refractivity contribution in [3.63, 3.8) is 0 Å². The molecule has 5 rings (SSSR count). The summed E-state index contributed by atoms with van der Waals surface area (Å²) in [7, 11) is 1.82. The number of nitrogens with zero attached hydrogens (tertiary/aromatic N) is 6. The molecule has 36 heavy (non-hydrogen) atoms. The van der Waals surface area contributed by atoms with Gasteiger partial charge in [-0.15, -0.1) is 0 Å². The Morgan fingerprint density at radius 1 is 1.22 bits per heavy atom. The largest absolute Gasteiger partial charge is 0.484 e. The van der Waals surface area contributed by atoms with Crippen molar-refractivity contribution in [3.8, 4) is 11.5 Å². The number of aromatic nitrogens is 4. The zero-order valence-electron chi connectivity index (χ0n) is 20.2. The third-order valence-corrected chi connectivity index (χ3v) is 6.72. The summed E-state index contributed by atoms with van der Waals surface area (Å²) in [6, 6.07) is 3.00. The third kappa shape index (κ3) is 4.74. The Morgan fingerprint density at radius 3 is 2.67 bits per heavy atom. The Balaban J connectivity index is 1.36. The topological polar surface area (TPSA) is 94.8 Å². The maximum Gasteiger partial charge on any atom is 0.268 e. The van der Waals surface area contributed by atoms with Gasteiger partial charge in [-0.2, -0.15) is 5.10 Å². The molecule has 2 aliphatic heterocycles. The van der Waals surface area contributed by atoms with E-state index >= 15 is 0 Å². The van der Waals surface area contributed by atoms with E-state index < -0.39 is 11.9 Å². The molecule has 2 aliphatic rings. The number of carbonyl (C=O) groups excluding carboxylic acids is 1. The smallest absolute Gasteiger partial charge is 0.268 e. The fraction of sp³-hybridized carbons (Fsp3) is 0.417. The number of anilines is 2. The van der Waals surface area contributed by atoms with Crippen molar-refractivity contribution in [2.75, 3.05) is 36.1 Å². The predicted octanol–water partition coefficient (Wildman–Crippen LogP) is 3.15. The van der Waals surface area contributed by atoms with E-state index in [0.29, 0.717) is 35.1 Å². The minimum Gasteiger partial charge on any atom is -0.484 e. The van der Waals surface area contributed by atoms with Gasteiger partial charge in [0.15, 0.2) is 23.4 Å². The van der Waals surface area contributed by atoms with Gasteiger partial charge in [-0.05, 0) is 26.0 Å². The summed E-state index contributed by atoms with van der Waals surface area (Å²) >= 11 is 3.31. The first-order chi connectivity index (χ1) is 17.3. The minimum atomic E-state index is -0.813. The molecule has 0 radical (unpaired) electrons. The van der Waals surface area contributed by atoms with E-state index in [2.05, 4.69) is 35.9 Å². The number of carbonyl (C=O) groups is 1. The van der Waals surface area contributed by atoms with Gasteiger partial charge in [0.2, 0.25) is 5.95 Å². The second-order valence-corrected chi connectivity index (χ2v) is 9.58. The fourth-order valence-electron chi connectivity index (χ4n) is 4.35. The number of fused-ring (bicyclic) bond motifs is 1. The number of morpholine rings is 1. The quantitative estimate of drug-likeness (QED) is 0.453. The zero-order chi connectivity index (χ0) is 25.4. The van der Waals surface area contributed by atoms with Gasteiger partial charge in [-0.1, -0.05) is 15.9 Å². The molecule has 4 heterocycles. The Morgan fingerprint density at radius 2 is 1.94 bits per heavy atom. The summed E-state index contributed by atoms with van der Waals surface area (Å²) in [5, 5.41) is 4.53. The molecule has 0 saturated carbocycles. The molecule has 1 fully saturated rings. The van der Waals surface area contributed by atoms with Crippen molar-refractivity contribution < 1.29 is 23.4 Å². The van der Waals surface area contributed by atoms with E-state index in [-0.39, 0.29) is 24.8 Å². The van der Waals surface area contributed by atoms with Crippen molar-refractivity contribution in [3.05, 3.63) is 51.8 Å². The highest BCUT2D eigenvalue weighted by Gasteiger charge is 2.35. The third-order valence-electron chi connectivity index (χ3n) is 6.26. The summed E-state index contributed by atoms with van der Waals surface area (Å²) in [5.41, 5.74) is 2.72. The molecule has 1 amide bonds. The summed E-state index contributed by atoms with van der Waals surface area (Å²) < 4.78 is 33.8. The van der Waals surface area contributed by atoms with Crippen LogP contribution in [0.1, 0.15) is 23.9 Å². The van der Waals surface area contributed by atoms with E-state index in [9.17, 15) is 9.18 Å². The van der Waals surface area contributed by atoms with Crippen LogP contribution in [-0.2, 0) is 29.7 Å². The zero-order valence-corrected chi connectivity index (χ0v) is 21.8. The van der Waals surface area contributed by atoms with Crippen LogP contribution >= 0.6 is 15.9 Å². The molecule has 0 aliphatic carbocycles. The van der Waals surface area contributed by atoms with E-state index in [4.69, 9.17) is 14.2 Å². The highest BCUT2D eigenvalue weighted by atomic mass is 79.9. The van der Waals surface area contributed by atoms with Crippen molar-refractivity contribution in [2.45, 2.75) is 33.1 Å². The first-order valence-corrected chi connectivity index (χ1v) is 12.4. The second-order valence-electron chi connectivity index (χ2n) is 8.66. The van der Waals surface area contributed by atoms with Gasteiger partial charge in [-0.3, -0.25) is 9.48 Å². The molecule has 190 valence electrons. The highest BCUT2D eigenvalue weighted by Crippen LogP contribution is 2.40. The summed E-state index contributed by atoms with van der Waals surface area (Å²) in [6.45, 7) is 6.68. The number of amides is 1. The average molecular weight is 561 g/mol. The van der Waals surface area contributed by atoms with Gasteiger partial charge < -0.3 is 24.0 Å². The number of benzene rings is 1. The van der Waals surface area contributed by atoms with Crippen molar-refractivity contribution in [2.24, 2.45) is 7.05 Å². The number of rotatable bonds is 6. The molecule has 2 aromatic heterocycles. The van der Waals surface area contributed by atoms with Crippen LogP contribution in [0.15, 0.2) is 29.0 Å². The Bertz CT molecular complexity index is 1280. The van der Waals surface area contributed by atoms with Gasteiger partial charge in [0, 0.05) is 30.2 Å². The van der Waals surface area contributed by atoms with Gasteiger partial charge in [-0.25, -0.2) is 14.4 Å². The molecule has 1 saturated heterocycles. The molecule has 0 unspecified atom stereocenters. The molecule has 10 nitrogen and oxygen atoms in total. The number of halogens is 2.